The number of hydrogen-bond donors (Lipinski definition) is 2. The molecule has 1 aromatic carbocycles. The van der Waals surface area contributed by atoms with E-state index in [4.69, 9.17) is 15.9 Å². The van der Waals surface area contributed by atoms with E-state index in [2.05, 4.69) is 16.0 Å². The van der Waals surface area contributed by atoms with Gasteiger partial charge in [-0.2, -0.15) is 4.72 Å². The molecule has 2 atom stereocenters. The van der Waals surface area contributed by atoms with Gasteiger partial charge in [-0.05, 0) is 37.1 Å². The predicted octanol–water partition coefficient (Wildman–Crippen LogP) is 0.666. The van der Waals surface area contributed by atoms with Crippen LogP contribution in [0.4, 0.5) is 0 Å². The van der Waals surface area contributed by atoms with Crippen LogP contribution in [-0.4, -0.2) is 52.3 Å². The van der Waals surface area contributed by atoms with E-state index in [1.165, 1.54) is 24.3 Å². The monoisotopic (exact) mass is 378 g/mol. The molecule has 0 aliphatic carbocycles. The molecule has 8 heteroatoms. The van der Waals surface area contributed by atoms with Crippen LogP contribution >= 0.6 is 0 Å². The van der Waals surface area contributed by atoms with Gasteiger partial charge in [-0.15, -0.1) is 6.42 Å². The summed E-state index contributed by atoms with van der Waals surface area (Å²) >= 11 is 0. The fourth-order valence-electron chi connectivity index (χ4n) is 3.29. The first-order valence-corrected chi connectivity index (χ1v) is 9.98. The molecule has 0 aromatic heterocycles. The van der Waals surface area contributed by atoms with Gasteiger partial charge in [0.1, 0.15) is 0 Å². The van der Waals surface area contributed by atoms with Crippen molar-refractivity contribution in [1.29, 1.82) is 0 Å². The minimum atomic E-state index is -3.66. The van der Waals surface area contributed by atoms with Crippen molar-refractivity contribution in [2.75, 3.05) is 26.4 Å². The van der Waals surface area contributed by atoms with Gasteiger partial charge in [0, 0.05) is 31.2 Å². The van der Waals surface area contributed by atoms with Gasteiger partial charge in [-0.1, -0.05) is 5.92 Å². The molecule has 0 bridgehead atoms. The Hall–Kier alpha value is -1.92. The molecule has 2 N–H and O–H groups in total. The predicted molar refractivity (Wildman–Crippen MR) is 95.1 cm³/mol. The lowest BCUT2D eigenvalue weighted by Gasteiger charge is -2.37. The Balaban J connectivity index is 1.62. The first kappa shape index (κ1) is 18.9. The van der Waals surface area contributed by atoms with E-state index in [1.54, 1.807) is 0 Å². The summed E-state index contributed by atoms with van der Waals surface area (Å²) in [6, 6.07) is 5.79. The highest BCUT2D eigenvalue weighted by Gasteiger charge is 2.41. The van der Waals surface area contributed by atoms with Gasteiger partial charge in [-0.25, -0.2) is 8.42 Å². The summed E-state index contributed by atoms with van der Waals surface area (Å²) in [4.78, 5) is 12.5. The van der Waals surface area contributed by atoms with Crippen LogP contribution in [0.1, 0.15) is 29.6 Å². The number of ether oxygens (including phenoxy) is 2. The van der Waals surface area contributed by atoms with Crippen LogP contribution in [0.2, 0.25) is 0 Å². The Morgan fingerprint density at radius 2 is 2.08 bits per heavy atom. The van der Waals surface area contributed by atoms with Gasteiger partial charge < -0.3 is 14.8 Å². The molecular weight excluding hydrogens is 356 g/mol. The van der Waals surface area contributed by atoms with Crippen LogP contribution in [-0.2, 0) is 19.5 Å². The lowest BCUT2D eigenvalue weighted by molar-refractivity contribution is -0.0881. The normalized spacial score (nSPS) is 25.7. The Morgan fingerprint density at radius 1 is 1.31 bits per heavy atom. The zero-order valence-electron chi connectivity index (χ0n) is 14.4. The second kappa shape index (κ2) is 7.76. The van der Waals surface area contributed by atoms with E-state index in [-0.39, 0.29) is 29.0 Å². The summed E-state index contributed by atoms with van der Waals surface area (Å²) < 4.78 is 37.6. The lowest BCUT2D eigenvalue weighted by atomic mass is 9.89. The lowest BCUT2D eigenvalue weighted by Crippen LogP contribution is -2.49. The quantitative estimate of drug-likeness (QED) is 0.735. The van der Waals surface area contributed by atoms with Gasteiger partial charge in [0.25, 0.3) is 5.91 Å². The third-order valence-corrected chi connectivity index (χ3v) is 6.10. The molecule has 1 amide bonds. The maximum Gasteiger partial charge on any atom is 0.251 e. The second-order valence-electron chi connectivity index (χ2n) is 6.55. The van der Waals surface area contributed by atoms with Gasteiger partial charge >= 0.3 is 0 Å². The number of benzene rings is 1. The van der Waals surface area contributed by atoms with Crippen molar-refractivity contribution >= 4 is 15.9 Å². The van der Waals surface area contributed by atoms with Crippen LogP contribution < -0.4 is 10.0 Å². The van der Waals surface area contributed by atoms with Crippen LogP contribution in [0.25, 0.3) is 0 Å². The first-order valence-electron chi connectivity index (χ1n) is 8.50. The topological polar surface area (TPSA) is 93.7 Å². The standard InChI is InChI=1S/C18H22N2O5S/c1-2-9-19-26(22,23)16-5-3-14(4-6-16)17(21)20-15-7-10-25-18(12-15)8-11-24-13-18/h1,3-6,15,19H,7-13H2,(H,20,21)/t15-,18-/m0/s1. The number of amides is 1. The summed E-state index contributed by atoms with van der Waals surface area (Å²) in [6.45, 7) is 1.76. The average molecular weight is 378 g/mol. The fraction of sp³-hybridized carbons (Fsp3) is 0.500. The largest absolute Gasteiger partial charge is 0.378 e. The molecule has 3 rings (SSSR count). The van der Waals surface area contributed by atoms with Crippen molar-refractivity contribution in [2.45, 2.75) is 35.8 Å². The fourth-order valence-corrected chi connectivity index (χ4v) is 4.22. The van der Waals surface area contributed by atoms with Crippen LogP contribution in [0.15, 0.2) is 29.2 Å². The zero-order chi connectivity index (χ0) is 18.6. The number of terminal acetylenes is 1. The first-order chi connectivity index (χ1) is 12.4. The highest BCUT2D eigenvalue weighted by atomic mass is 32.2. The van der Waals surface area contributed by atoms with Crippen molar-refractivity contribution in [2.24, 2.45) is 0 Å². The molecule has 2 fully saturated rings. The summed E-state index contributed by atoms with van der Waals surface area (Å²) in [6.07, 6.45) is 7.38. The number of sulfonamides is 1. The van der Waals surface area contributed by atoms with Gasteiger partial charge in [0.2, 0.25) is 10.0 Å². The number of nitrogens with one attached hydrogen (secondary N) is 2. The van der Waals surface area contributed by atoms with E-state index in [0.717, 1.165) is 19.3 Å². The van der Waals surface area contributed by atoms with Crippen LogP contribution in [0.3, 0.4) is 0 Å². The van der Waals surface area contributed by atoms with E-state index in [0.29, 0.717) is 25.4 Å². The number of carbonyl (C=O) groups excluding carboxylic acids is 1. The van der Waals surface area contributed by atoms with E-state index >= 15 is 0 Å². The van der Waals surface area contributed by atoms with Crippen molar-refractivity contribution in [1.82, 2.24) is 10.0 Å². The highest BCUT2D eigenvalue weighted by Crippen LogP contribution is 2.32. The molecule has 1 spiro atoms. The molecule has 1 aromatic rings. The third-order valence-electron chi connectivity index (χ3n) is 4.69. The summed E-state index contributed by atoms with van der Waals surface area (Å²) in [5.41, 5.74) is 0.126. The Morgan fingerprint density at radius 3 is 2.73 bits per heavy atom. The highest BCUT2D eigenvalue weighted by molar-refractivity contribution is 7.89. The maximum absolute atomic E-state index is 12.5. The maximum atomic E-state index is 12.5. The summed E-state index contributed by atoms with van der Waals surface area (Å²) in [7, 11) is -3.66. The number of carbonyl (C=O) groups is 1. The van der Waals surface area contributed by atoms with Gasteiger partial charge in [-0.3, -0.25) is 4.79 Å². The van der Waals surface area contributed by atoms with Crippen molar-refractivity contribution in [3.63, 3.8) is 0 Å². The smallest absolute Gasteiger partial charge is 0.251 e. The van der Waals surface area contributed by atoms with Crippen molar-refractivity contribution < 1.29 is 22.7 Å². The minimum Gasteiger partial charge on any atom is -0.378 e. The minimum absolute atomic E-state index is 0.0126. The van der Waals surface area contributed by atoms with E-state index in [1.807, 2.05) is 0 Å². The van der Waals surface area contributed by atoms with Gasteiger partial charge in [0.05, 0.1) is 23.6 Å². The molecule has 0 saturated carbocycles. The van der Waals surface area contributed by atoms with Gasteiger partial charge in [0.15, 0.2) is 0 Å². The second-order valence-corrected chi connectivity index (χ2v) is 8.32. The SMILES string of the molecule is C#CCNS(=O)(=O)c1ccc(C(=O)N[C@H]2CCO[C@@]3(CCOC3)C2)cc1. The molecule has 140 valence electrons. The molecule has 2 heterocycles. The average Bonchev–Trinajstić information content (AvgIpc) is 3.07. The van der Waals surface area contributed by atoms with E-state index < -0.39 is 10.0 Å². The third kappa shape index (κ3) is 4.24. The molecule has 0 unspecified atom stereocenters. The number of hydrogen-bond acceptors (Lipinski definition) is 5. The molecule has 2 aliphatic heterocycles. The van der Waals surface area contributed by atoms with Crippen LogP contribution in [0.5, 0.6) is 0 Å². The Bertz CT molecular complexity index is 792. The summed E-state index contributed by atoms with van der Waals surface area (Å²) in [5, 5.41) is 3.01. The Labute approximate surface area is 153 Å². The molecule has 2 saturated heterocycles. The molecule has 0 radical (unpaired) electrons. The van der Waals surface area contributed by atoms with E-state index in [9.17, 15) is 13.2 Å². The van der Waals surface area contributed by atoms with Crippen molar-refractivity contribution in [3.05, 3.63) is 29.8 Å². The summed E-state index contributed by atoms with van der Waals surface area (Å²) in [5.74, 6) is 1.99. The Kier molecular flexibility index (Phi) is 5.63. The van der Waals surface area contributed by atoms with Crippen molar-refractivity contribution in [3.8, 4) is 12.3 Å². The van der Waals surface area contributed by atoms with Crippen LogP contribution in [0, 0.1) is 12.3 Å². The molecule has 2 aliphatic rings. The number of rotatable bonds is 5. The zero-order valence-corrected chi connectivity index (χ0v) is 15.2. The molecule has 7 nitrogen and oxygen atoms in total. The molecular formula is C18H22N2O5S. The molecule has 26 heavy (non-hydrogen) atoms.